The first-order valence-corrected chi connectivity index (χ1v) is 11.8. The molecule has 1 amide bonds. The second-order valence-electron chi connectivity index (χ2n) is 7.16. The molecule has 0 spiro atoms. The van der Waals surface area contributed by atoms with E-state index >= 15 is 0 Å². The molecule has 0 bridgehead atoms. The number of fused-ring (bicyclic) bond motifs is 1. The maximum atomic E-state index is 12.8. The highest BCUT2D eigenvalue weighted by molar-refractivity contribution is 7.98. The van der Waals surface area contributed by atoms with Gasteiger partial charge in [-0.2, -0.15) is 0 Å². The van der Waals surface area contributed by atoms with Crippen molar-refractivity contribution in [2.45, 2.75) is 36.3 Å². The normalized spacial score (nSPS) is 12.8. The molecule has 0 saturated carbocycles. The lowest BCUT2D eigenvalue weighted by atomic mass is 9.95. The van der Waals surface area contributed by atoms with Crippen LogP contribution in [0.15, 0.2) is 59.5 Å². The first-order valence-electron chi connectivity index (χ1n) is 9.96. The molecule has 4 nitrogen and oxygen atoms in total. The van der Waals surface area contributed by atoms with Crippen LogP contribution in [0, 0.1) is 0 Å². The molecule has 1 aromatic heterocycles. The number of aryl methyl sites for hydroxylation is 1. The summed E-state index contributed by atoms with van der Waals surface area (Å²) in [5, 5.41) is 3.55. The van der Waals surface area contributed by atoms with Gasteiger partial charge in [0.15, 0.2) is 0 Å². The molecule has 1 heterocycles. The average Bonchev–Trinajstić information content (AvgIpc) is 3.16. The van der Waals surface area contributed by atoms with Gasteiger partial charge in [-0.05, 0) is 61.1 Å². The summed E-state index contributed by atoms with van der Waals surface area (Å²) < 4.78 is 4.98. The van der Waals surface area contributed by atoms with Crippen LogP contribution in [0.4, 0.5) is 5.00 Å². The predicted molar refractivity (Wildman–Crippen MR) is 123 cm³/mol. The van der Waals surface area contributed by atoms with Crippen molar-refractivity contribution >= 4 is 40.0 Å². The van der Waals surface area contributed by atoms with Gasteiger partial charge in [0.2, 0.25) is 0 Å². The minimum absolute atomic E-state index is 0.207. The van der Waals surface area contributed by atoms with E-state index in [1.165, 1.54) is 28.2 Å². The fraction of sp³-hybridized carbons (Fsp3) is 0.250. The van der Waals surface area contributed by atoms with Gasteiger partial charge in [0, 0.05) is 21.1 Å². The molecule has 0 unspecified atom stereocenters. The number of ether oxygens (including phenoxy) is 1. The zero-order chi connectivity index (χ0) is 20.9. The summed E-state index contributed by atoms with van der Waals surface area (Å²) in [6.07, 6.45) is 3.99. The Morgan fingerprint density at radius 2 is 1.77 bits per heavy atom. The van der Waals surface area contributed by atoms with Crippen molar-refractivity contribution in [1.82, 2.24) is 0 Å². The van der Waals surface area contributed by atoms with Gasteiger partial charge in [0.25, 0.3) is 5.91 Å². The van der Waals surface area contributed by atoms with Crippen molar-refractivity contribution in [2.75, 3.05) is 12.4 Å². The van der Waals surface area contributed by atoms with Crippen LogP contribution >= 0.6 is 23.1 Å². The Labute approximate surface area is 184 Å². The summed E-state index contributed by atoms with van der Waals surface area (Å²) in [4.78, 5) is 27.6. The summed E-state index contributed by atoms with van der Waals surface area (Å²) in [5.74, 6) is 0.259. The lowest BCUT2D eigenvalue weighted by Gasteiger charge is -2.11. The Bertz CT molecular complexity index is 1040. The molecule has 1 aliphatic carbocycles. The van der Waals surface area contributed by atoms with Crippen LogP contribution < -0.4 is 5.32 Å². The number of rotatable bonds is 6. The molecule has 6 heteroatoms. The maximum absolute atomic E-state index is 12.8. The number of nitrogens with one attached hydrogen (secondary N) is 1. The van der Waals surface area contributed by atoms with Crippen molar-refractivity contribution in [2.24, 2.45) is 0 Å². The van der Waals surface area contributed by atoms with Gasteiger partial charge in [-0.1, -0.05) is 30.3 Å². The molecule has 3 aromatic rings. The molecule has 30 heavy (non-hydrogen) atoms. The molecule has 2 aromatic carbocycles. The molecule has 0 saturated heterocycles. The van der Waals surface area contributed by atoms with Gasteiger partial charge >= 0.3 is 5.97 Å². The summed E-state index contributed by atoms with van der Waals surface area (Å²) in [6, 6.07) is 17.9. The van der Waals surface area contributed by atoms with Crippen molar-refractivity contribution in [3.05, 3.63) is 81.7 Å². The fourth-order valence-corrected chi connectivity index (χ4v) is 5.73. The van der Waals surface area contributed by atoms with Gasteiger partial charge < -0.3 is 10.1 Å². The van der Waals surface area contributed by atoms with E-state index in [4.69, 9.17) is 4.74 Å². The van der Waals surface area contributed by atoms with Crippen LogP contribution in [0.3, 0.4) is 0 Å². The molecule has 0 radical (unpaired) electrons. The Hall–Kier alpha value is -2.57. The van der Waals surface area contributed by atoms with Crippen LogP contribution in [0.2, 0.25) is 0 Å². The SMILES string of the molecule is COC(=O)c1c(NC(=O)c2ccc(CSc3ccccc3)cc2)sc2c1CCCC2. The summed E-state index contributed by atoms with van der Waals surface area (Å²) >= 11 is 3.26. The number of thiophene rings is 1. The Kier molecular flexibility index (Phi) is 6.55. The Balaban J connectivity index is 1.46. The second-order valence-corrected chi connectivity index (χ2v) is 9.31. The third-order valence-corrected chi connectivity index (χ3v) is 7.44. The van der Waals surface area contributed by atoms with Gasteiger partial charge in [-0.25, -0.2) is 4.79 Å². The zero-order valence-corrected chi connectivity index (χ0v) is 18.4. The van der Waals surface area contributed by atoms with Crippen LogP contribution in [-0.4, -0.2) is 19.0 Å². The molecular formula is C24H23NO3S2. The number of thioether (sulfide) groups is 1. The minimum Gasteiger partial charge on any atom is -0.465 e. The number of benzene rings is 2. The van der Waals surface area contributed by atoms with E-state index in [2.05, 4.69) is 17.4 Å². The van der Waals surface area contributed by atoms with E-state index in [9.17, 15) is 9.59 Å². The average molecular weight is 438 g/mol. The highest BCUT2D eigenvalue weighted by atomic mass is 32.2. The third kappa shape index (κ3) is 4.60. The van der Waals surface area contributed by atoms with Crippen molar-refractivity contribution in [3.63, 3.8) is 0 Å². The molecular weight excluding hydrogens is 414 g/mol. The topological polar surface area (TPSA) is 55.4 Å². The van der Waals surface area contributed by atoms with E-state index < -0.39 is 0 Å². The fourth-order valence-electron chi connectivity index (χ4n) is 3.58. The second kappa shape index (κ2) is 9.49. The van der Waals surface area contributed by atoms with E-state index in [-0.39, 0.29) is 11.9 Å². The number of methoxy groups -OCH3 is 1. The Morgan fingerprint density at radius 1 is 1.03 bits per heavy atom. The Morgan fingerprint density at radius 3 is 2.50 bits per heavy atom. The van der Waals surface area contributed by atoms with Gasteiger partial charge in [0.05, 0.1) is 12.7 Å². The minimum atomic E-state index is -0.377. The van der Waals surface area contributed by atoms with Gasteiger partial charge in [0.1, 0.15) is 5.00 Å². The zero-order valence-electron chi connectivity index (χ0n) is 16.8. The number of carbonyl (C=O) groups excluding carboxylic acids is 2. The molecule has 1 aliphatic rings. The van der Waals surface area contributed by atoms with E-state index in [0.717, 1.165) is 42.6 Å². The van der Waals surface area contributed by atoms with E-state index in [1.54, 1.807) is 11.8 Å². The van der Waals surface area contributed by atoms with E-state index in [1.807, 2.05) is 42.5 Å². The number of hydrogen-bond acceptors (Lipinski definition) is 5. The molecule has 1 N–H and O–H groups in total. The number of anilines is 1. The standard InChI is InChI=1S/C24H23NO3S2/c1-28-24(27)21-19-9-5-6-10-20(19)30-23(21)25-22(26)17-13-11-16(12-14-17)15-29-18-7-3-2-4-8-18/h2-4,7-8,11-14H,5-6,9-10,15H2,1H3,(H,25,26). The maximum Gasteiger partial charge on any atom is 0.341 e. The molecule has 154 valence electrons. The molecule has 0 aliphatic heterocycles. The predicted octanol–water partition coefficient (Wildman–Crippen LogP) is 5.96. The number of hydrogen-bond donors (Lipinski definition) is 1. The smallest absolute Gasteiger partial charge is 0.341 e. The highest BCUT2D eigenvalue weighted by Crippen LogP contribution is 2.38. The molecule has 0 fully saturated rings. The van der Waals surface area contributed by atoms with Crippen molar-refractivity contribution in [1.29, 1.82) is 0 Å². The van der Waals surface area contributed by atoms with Crippen LogP contribution in [0.5, 0.6) is 0 Å². The molecule has 4 rings (SSSR count). The van der Waals surface area contributed by atoms with E-state index in [0.29, 0.717) is 16.1 Å². The number of esters is 1. The first-order chi connectivity index (χ1) is 14.7. The number of carbonyl (C=O) groups is 2. The lowest BCUT2D eigenvalue weighted by Crippen LogP contribution is -2.15. The monoisotopic (exact) mass is 437 g/mol. The van der Waals surface area contributed by atoms with Crippen molar-refractivity contribution in [3.8, 4) is 0 Å². The van der Waals surface area contributed by atoms with Crippen LogP contribution in [0.1, 0.15) is 49.6 Å². The quantitative estimate of drug-likeness (QED) is 0.382. The first kappa shape index (κ1) is 20.7. The van der Waals surface area contributed by atoms with Crippen LogP contribution in [-0.2, 0) is 23.3 Å². The summed E-state index contributed by atoms with van der Waals surface area (Å²) in [5.41, 5.74) is 3.30. The number of amides is 1. The summed E-state index contributed by atoms with van der Waals surface area (Å²) in [7, 11) is 1.38. The summed E-state index contributed by atoms with van der Waals surface area (Å²) in [6.45, 7) is 0. The lowest BCUT2D eigenvalue weighted by molar-refractivity contribution is 0.0601. The highest BCUT2D eigenvalue weighted by Gasteiger charge is 2.27. The van der Waals surface area contributed by atoms with Crippen molar-refractivity contribution < 1.29 is 14.3 Å². The molecule has 0 atom stereocenters. The van der Waals surface area contributed by atoms with Gasteiger partial charge in [-0.15, -0.1) is 23.1 Å². The largest absolute Gasteiger partial charge is 0.465 e. The van der Waals surface area contributed by atoms with Gasteiger partial charge in [-0.3, -0.25) is 4.79 Å². The van der Waals surface area contributed by atoms with Crippen LogP contribution in [0.25, 0.3) is 0 Å². The third-order valence-electron chi connectivity index (χ3n) is 5.15.